The van der Waals surface area contributed by atoms with Crippen LogP contribution in [0.3, 0.4) is 0 Å². The summed E-state index contributed by atoms with van der Waals surface area (Å²) in [5.74, 6) is -0.246. The molecule has 0 unspecified atom stereocenters. The highest BCUT2D eigenvalue weighted by Gasteiger charge is 2.34. The standard InChI is InChI=1S/C7H12FNO2/c1-11-7(10)6-2-4-9(6)5-3-8/h6H,2-5H2,1H3/t6-/m0/s1. The second-order valence-corrected chi connectivity index (χ2v) is 2.55. The highest BCUT2D eigenvalue weighted by atomic mass is 19.1. The van der Waals surface area contributed by atoms with E-state index in [0.29, 0.717) is 6.54 Å². The molecule has 64 valence electrons. The van der Waals surface area contributed by atoms with Crippen molar-refractivity contribution in [3.05, 3.63) is 0 Å². The van der Waals surface area contributed by atoms with E-state index in [1.165, 1.54) is 7.11 Å². The van der Waals surface area contributed by atoms with E-state index >= 15 is 0 Å². The first-order chi connectivity index (χ1) is 5.29. The predicted molar refractivity (Wildman–Crippen MR) is 38.0 cm³/mol. The minimum Gasteiger partial charge on any atom is -0.468 e. The fourth-order valence-electron chi connectivity index (χ4n) is 1.22. The molecule has 0 aromatic carbocycles. The van der Waals surface area contributed by atoms with E-state index < -0.39 is 6.67 Å². The minimum atomic E-state index is -0.395. The lowest BCUT2D eigenvalue weighted by molar-refractivity contribution is -0.151. The number of carbonyl (C=O) groups is 1. The molecule has 11 heavy (non-hydrogen) atoms. The summed E-state index contributed by atoms with van der Waals surface area (Å²) in [6.45, 7) is 0.761. The van der Waals surface area contributed by atoms with E-state index in [-0.39, 0.29) is 12.0 Å². The Labute approximate surface area is 65.1 Å². The molecule has 1 aliphatic rings. The molecule has 1 aliphatic heterocycles. The minimum absolute atomic E-state index is 0.184. The number of likely N-dealkylation sites (tertiary alicyclic amines) is 1. The SMILES string of the molecule is COC(=O)[C@@H]1CCN1CCF. The lowest BCUT2D eigenvalue weighted by Crippen LogP contribution is -2.53. The molecule has 1 atom stereocenters. The smallest absolute Gasteiger partial charge is 0.323 e. The quantitative estimate of drug-likeness (QED) is 0.554. The van der Waals surface area contributed by atoms with Crippen molar-refractivity contribution in [3.63, 3.8) is 0 Å². The van der Waals surface area contributed by atoms with Gasteiger partial charge in [-0.1, -0.05) is 0 Å². The van der Waals surface area contributed by atoms with Gasteiger partial charge in [-0.15, -0.1) is 0 Å². The van der Waals surface area contributed by atoms with Crippen molar-refractivity contribution < 1.29 is 13.9 Å². The van der Waals surface area contributed by atoms with E-state index in [0.717, 1.165) is 13.0 Å². The lowest BCUT2D eigenvalue weighted by Gasteiger charge is -2.37. The van der Waals surface area contributed by atoms with Gasteiger partial charge in [0.05, 0.1) is 7.11 Å². The third-order valence-electron chi connectivity index (χ3n) is 1.98. The van der Waals surface area contributed by atoms with Gasteiger partial charge in [-0.05, 0) is 6.42 Å². The highest BCUT2D eigenvalue weighted by molar-refractivity contribution is 5.76. The molecule has 1 fully saturated rings. The maximum atomic E-state index is 11.8. The van der Waals surface area contributed by atoms with Gasteiger partial charge in [-0.2, -0.15) is 0 Å². The van der Waals surface area contributed by atoms with Crippen LogP contribution in [0.1, 0.15) is 6.42 Å². The number of halogens is 1. The number of hydrogen-bond donors (Lipinski definition) is 0. The summed E-state index contributed by atoms with van der Waals surface area (Å²) in [4.78, 5) is 12.7. The monoisotopic (exact) mass is 161 g/mol. The van der Waals surface area contributed by atoms with Gasteiger partial charge < -0.3 is 4.74 Å². The van der Waals surface area contributed by atoms with E-state index in [1.54, 1.807) is 4.90 Å². The number of rotatable bonds is 3. The average molecular weight is 161 g/mol. The third kappa shape index (κ3) is 1.68. The highest BCUT2D eigenvalue weighted by Crippen LogP contribution is 2.17. The number of carbonyl (C=O) groups excluding carboxylic acids is 1. The Morgan fingerprint density at radius 1 is 1.82 bits per heavy atom. The van der Waals surface area contributed by atoms with Crippen LogP contribution in [-0.2, 0) is 9.53 Å². The molecule has 1 heterocycles. The van der Waals surface area contributed by atoms with Crippen molar-refractivity contribution in [2.24, 2.45) is 0 Å². The summed E-state index contributed by atoms with van der Waals surface area (Å²) in [5, 5.41) is 0. The first kappa shape index (κ1) is 8.46. The molecule has 0 aromatic heterocycles. The van der Waals surface area contributed by atoms with Crippen molar-refractivity contribution in [3.8, 4) is 0 Å². The molecule has 1 saturated heterocycles. The second-order valence-electron chi connectivity index (χ2n) is 2.55. The molecule has 4 heteroatoms. The van der Waals surface area contributed by atoms with E-state index in [2.05, 4.69) is 4.74 Å². The normalized spacial score (nSPS) is 24.4. The Balaban J connectivity index is 2.30. The van der Waals surface area contributed by atoms with Crippen molar-refractivity contribution >= 4 is 5.97 Å². The lowest BCUT2D eigenvalue weighted by atomic mass is 10.0. The number of hydrogen-bond acceptors (Lipinski definition) is 3. The largest absolute Gasteiger partial charge is 0.468 e. The van der Waals surface area contributed by atoms with Crippen molar-refractivity contribution in [1.82, 2.24) is 4.90 Å². The van der Waals surface area contributed by atoms with Crippen molar-refractivity contribution in [2.45, 2.75) is 12.5 Å². The van der Waals surface area contributed by atoms with Crippen molar-refractivity contribution in [2.75, 3.05) is 26.9 Å². The molecule has 3 nitrogen and oxygen atoms in total. The van der Waals surface area contributed by atoms with Gasteiger partial charge in [-0.3, -0.25) is 9.69 Å². The van der Waals surface area contributed by atoms with Crippen LogP contribution in [0.15, 0.2) is 0 Å². The zero-order chi connectivity index (χ0) is 8.27. The molecular formula is C7H12FNO2. The molecular weight excluding hydrogens is 149 g/mol. The third-order valence-corrected chi connectivity index (χ3v) is 1.98. The molecule has 0 radical (unpaired) electrons. The Morgan fingerprint density at radius 2 is 2.55 bits per heavy atom. The fourth-order valence-corrected chi connectivity index (χ4v) is 1.22. The number of alkyl halides is 1. The predicted octanol–water partition coefficient (Wildman–Crippen LogP) is 0.203. The summed E-state index contributed by atoms with van der Waals surface area (Å²) in [6.07, 6.45) is 0.798. The molecule has 0 saturated carbocycles. The van der Waals surface area contributed by atoms with Gasteiger partial charge in [0.25, 0.3) is 0 Å². The topological polar surface area (TPSA) is 29.5 Å². The van der Waals surface area contributed by atoms with Gasteiger partial charge in [0.1, 0.15) is 12.7 Å². The summed E-state index contributed by atoms with van der Waals surface area (Å²) in [7, 11) is 1.36. The first-order valence-electron chi connectivity index (χ1n) is 3.67. The van der Waals surface area contributed by atoms with Crippen LogP contribution in [0.4, 0.5) is 4.39 Å². The van der Waals surface area contributed by atoms with Gasteiger partial charge in [0.2, 0.25) is 0 Å². The van der Waals surface area contributed by atoms with Gasteiger partial charge in [0, 0.05) is 13.1 Å². The van der Waals surface area contributed by atoms with Crippen LogP contribution in [0.25, 0.3) is 0 Å². The second kappa shape index (κ2) is 3.67. The number of nitrogens with zero attached hydrogens (tertiary/aromatic N) is 1. The summed E-state index contributed by atoms with van der Waals surface area (Å²) < 4.78 is 16.3. The zero-order valence-electron chi connectivity index (χ0n) is 6.55. The van der Waals surface area contributed by atoms with Crippen LogP contribution in [-0.4, -0.2) is 43.8 Å². The number of esters is 1. The average Bonchev–Trinajstić information content (AvgIpc) is 1.98. The summed E-state index contributed by atoms with van der Waals surface area (Å²) >= 11 is 0. The van der Waals surface area contributed by atoms with Gasteiger partial charge in [-0.25, -0.2) is 4.39 Å². The fraction of sp³-hybridized carbons (Fsp3) is 0.857. The first-order valence-corrected chi connectivity index (χ1v) is 3.67. The molecule has 0 aromatic rings. The van der Waals surface area contributed by atoms with E-state index in [1.807, 2.05) is 0 Å². The van der Waals surface area contributed by atoms with E-state index in [9.17, 15) is 9.18 Å². The van der Waals surface area contributed by atoms with Crippen LogP contribution in [0.2, 0.25) is 0 Å². The van der Waals surface area contributed by atoms with Gasteiger partial charge >= 0.3 is 5.97 Å². The molecule has 0 bridgehead atoms. The molecule has 1 rings (SSSR count). The molecule has 0 amide bonds. The molecule has 0 N–H and O–H groups in total. The number of methoxy groups -OCH3 is 1. The van der Waals surface area contributed by atoms with Crippen LogP contribution >= 0.6 is 0 Å². The summed E-state index contributed by atoms with van der Waals surface area (Å²) in [6, 6.07) is -0.184. The van der Waals surface area contributed by atoms with Crippen LogP contribution in [0, 0.1) is 0 Å². The maximum absolute atomic E-state index is 11.8. The zero-order valence-corrected chi connectivity index (χ0v) is 6.55. The molecule has 0 aliphatic carbocycles. The van der Waals surface area contributed by atoms with E-state index in [4.69, 9.17) is 0 Å². The van der Waals surface area contributed by atoms with Crippen LogP contribution in [0.5, 0.6) is 0 Å². The summed E-state index contributed by atoms with van der Waals surface area (Å²) in [5.41, 5.74) is 0. The Morgan fingerprint density at radius 3 is 2.91 bits per heavy atom. The Bertz CT molecular complexity index is 151. The Hall–Kier alpha value is -0.640. The molecule has 0 spiro atoms. The van der Waals surface area contributed by atoms with Crippen molar-refractivity contribution in [1.29, 1.82) is 0 Å². The van der Waals surface area contributed by atoms with Crippen LogP contribution < -0.4 is 0 Å². The maximum Gasteiger partial charge on any atom is 0.323 e. The Kier molecular flexibility index (Phi) is 2.82. The number of ether oxygens (including phenoxy) is 1. The van der Waals surface area contributed by atoms with Gasteiger partial charge in [0.15, 0.2) is 0 Å².